The first kappa shape index (κ1) is 13.4. The molecule has 2 heteroatoms. The zero-order valence-electron chi connectivity index (χ0n) is 10.1. The molecule has 0 fully saturated rings. The Labute approximate surface area is 106 Å². The van der Waals surface area contributed by atoms with E-state index in [1.54, 1.807) is 0 Å². The topological polar surface area (TPSA) is 17.1 Å². The van der Waals surface area contributed by atoms with Gasteiger partial charge in [0.05, 0.1) is 0 Å². The maximum Gasteiger partial charge on any atom is 0.162 e. The van der Waals surface area contributed by atoms with Crippen LogP contribution in [0.4, 0.5) is 0 Å². The van der Waals surface area contributed by atoms with Crippen molar-refractivity contribution in [3.05, 3.63) is 33.8 Å². The summed E-state index contributed by atoms with van der Waals surface area (Å²) in [7, 11) is 0. The van der Waals surface area contributed by atoms with E-state index in [9.17, 15) is 4.79 Å². The van der Waals surface area contributed by atoms with Crippen molar-refractivity contribution in [1.82, 2.24) is 0 Å². The monoisotopic (exact) mass is 282 g/mol. The summed E-state index contributed by atoms with van der Waals surface area (Å²) in [6, 6.07) is 5.82. The van der Waals surface area contributed by atoms with Crippen LogP contribution in [0.2, 0.25) is 0 Å². The fourth-order valence-electron chi connectivity index (χ4n) is 1.67. The maximum atomic E-state index is 11.9. The van der Waals surface area contributed by atoms with Gasteiger partial charge >= 0.3 is 0 Å². The molecule has 0 saturated carbocycles. The Morgan fingerprint density at radius 1 is 1.25 bits per heavy atom. The van der Waals surface area contributed by atoms with Crippen molar-refractivity contribution in [2.45, 2.75) is 46.0 Å². The van der Waals surface area contributed by atoms with Gasteiger partial charge in [-0.3, -0.25) is 4.79 Å². The molecule has 16 heavy (non-hydrogen) atoms. The van der Waals surface area contributed by atoms with Crippen molar-refractivity contribution in [1.29, 1.82) is 0 Å². The zero-order chi connectivity index (χ0) is 12.0. The first-order valence-electron chi connectivity index (χ1n) is 5.94. The molecule has 0 aliphatic heterocycles. The second-order valence-corrected chi connectivity index (χ2v) is 5.05. The minimum absolute atomic E-state index is 0.270. The molecule has 1 rings (SSSR count). The summed E-state index contributed by atoms with van der Waals surface area (Å²) in [5.74, 6) is 0.270. The van der Waals surface area contributed by atoms with Crippen LogP contribution >= 0.6 is 15.9 Å². The van der Waals surface area contributed by atoms with Gasteiger partial charge in [0, 0.05) is 16.5 Å². The summed E-state index contributed by atoms with van der Waals surface area (Å²) in [5.41, 5.74) is 1.97. The lowest BCUT2D eigenvalue weighted by molar-refractivity contribution is 0.0979. The third-order valence-corrected chi connectivity index (χ3v) is 3.63. The number of hydrogen-bond donors (Lipinski definition) is 0. The van der Waals surface area contributed by atoms with E-state index in [-0.39, 0.29) is 5.78 Å². The third kappa shape index (κ3) is 4.09. The molecule has 0 unspecified atom stereocenters. The number of Topliss-reactive ketones (excluding diaryl/α,β-unsaturated/α-hetero) is 1. The molecule has 0 N–H and O–H groups in total. The number of rotatable bonds is 6. The third-order valence-electron chi connectivity index (χ3n) is 2.74. The standard InChI is InChI=1S/C14H19BrO/c1-3-4-5-6-7-14(16)12-8-9-13(15)11(2)10-12/h8-10H,3-7H2,1-2H3. The highest BCUT2D eigenvalue weighted by Crippen LogP contribution is 2.18. The summed E-state index contributed by atoms with van der Waals surface area (Å²) in [6.07, 6.45) is 5.30. The molecule has 0 spiro atoms. The smallest absolute Gasteiger partial charge is 0.162 e. The van der Waals surface area contributed by atoms with Gasteiger partial charge < -0.3 is 0 Å². The fraction of sp³-hybridized carbons (Fsp3) is 0.500. The lowest BCUT2D eigenvalue weighted by atomic mass is 10.0. The van der Waals surface area contributed by atoms with Crippen LogP contribution in [0.5, 0.6) is 0 Å². The van der Waals surface area contributed by atoms with E-state index in [2.05, 4.69) is 22.9 Å². The first-order chi connectivity index (χ1) is 7.65. The van der Waals surface area contributed by atoms with Gasteiger partial charge in [0.2, 0.25) is 0 Å². The summed E-state index contributed by atoms with van der Waals surface area (Å²) < 4.78 is 1.06. The van der Waals surface area contributed by atoms with E-state index in [4.69, 9.17) is 0 Å². The Bertz CT molecular complexity index is 358. The van der Waals surface area contributed by atoms with Gasteiger partial charge in [0.15, 0.2) is 5.78 Å². The van der Waals surface area contributed by atoms with Crippen LogP contribution in [0, 0.1) is 6.92 Å². The van der Waals surface area contributed by atoms with Gasteiger partial charge in [-0.2, -0.15) is 0 Å². The molecule has 1 aromatic carbocycles. The predicted molar refractivity (Wildman–Crippen MR) is 72.0 cm³/mol. The molecule has 88 valence electrons. The summed E-state index contributed by atoms with van der Waals surface area (Å²) in [6.45, 7) is 4.19. The largest absolute Gasteiger partial charge is 0.294 e. The molecular weight excluding hydrogens is 264 g/mol. The molecule has 0 saturated heterocycles. The van der Waals surface area contributed by atoms with Crippen molar-refractivity contribution in [2.75, 3.05) is 0 Å². The predicted octanol–water partition coefficient (Wildman–Crippen LogP) is 4.91. The second kappa shape index (κ2) is 6.85. The number of unbranched alkanes of at least 4 members (excludes halogenated alkanes) is 3. The van der Waals surface area contributed by atoms with Crippen LogP contribution in [0.25, 0.3) is 0 Å². The van der Waals surface area contributed by atoms with E-state index in [1.807, 2.05) is 25.1 Å². The number of halogens is 1. The van der Waals surface area contributed by atoms with E-state index in [0.29, 0.717) is 6.42 Å². The number of benzene rings is 1. The Kier molecular flexibility index (Phi) is 5.75. The first-order valence-corrected chi connectivity index (χ1v) is 6.73. The lowest BCUT2D eigenvalue weighted by Crippen LogP contribution is -1.99. The summed E-state index contributed by atoms with van der Waals surface area (Å²) in [5, 5.41) is 0. The van der Waals surface area contributed by atoms with Crippen molar-refractivity contribution in [2.24, 2.45) is 0 Å². The normalized spacial score (nSPS) is 10.4. The second-order valence-electron chi connectivity index (χ2n) is 4.20. The molecule has 0 aliphatic carbocycles. The van der Waals surface area contributed by atoms with Crippen molar-refractivity contribution in [3.63, 3.8) is 0 Å². The van der Waals surface area contributed by atoms with Crippen molar-refractivity contribution in [3.8, 4) is 0 Å². The molecule has 0 amide bonds. The van der Waals surface area contributed by atoms with Crippen LogP contribution in [0.15, 0.2) is 22.7 Å². The van der Waals surface area contributed by atoms with Gasteiger partial charge in [-0.05, 0) is 31.0 Å². The number of carbonyl (C=O) groups is 1. The maximum absolute atomic E-state index is 11.9. The Morgan fingerprint density at radius 2 is 2.00 bits per heavy atom. The molecule has 0 heterocycles. The zero-order valence-corrected chi connectivity index (χ0v) is 11.6. The van der Waals surface area contributed by atoms with Crippen LogP contribution < -0.4 is 0 Å². The Morgan fingerprint density at radius 3 is 2.62 bits per heavy atom. The van der Waals surface area contributed by atoms with Gasteiger partial charge in [-0.25, -0.2) is 0 Å². The number of aryl methyl sites for hydroxylation is 1. The quantitative estimate of drug-likeness (QED) is 0.535. The molecule has 1 nitrogen and oxygen atoms in total. The highest BCUT2D eigenvalue weighted by Gasteiger charge is 2.06. The SMILES string of the molecule is CCCCCCC(=O)c1ccc(Br)c(C)c1. The van der Waals surface area contributed by atoms with Crippen LogP contribution in [-0.2, 0) is 0 Å². The highest BCUT2D eigenvalue weighted by atomic mass is 79.9. The molecule has 1 aromatic rings. The highest BCUT2D eigenvalue weighted by molar-refractivity contribution is 9.10. The van der Waals surface area contributed by atoms with E-state index in [0.717, 1.165) is 28.4 Å². The lowest BCUT2D eigenvalue weighted by Gasteiger charge is -2.03. The number of ketones is 1. The Balaban J connectivity index is 2.50. The molecule has 0 atom stereocenters. The van der Waals surface area contributed by atoms with E-state index < -0.39 is 0 Å². The molecule has 0 aromatic heterocycles. The van der Waals surface area contributed by atoms with Gasteiger partial charge in [0.1, 0.15) is 0 Å². The van der Waals surface area contributed by atoms with Crippen LogP contribution in [0.3, 0.4) is 0 Å². The number of hydrogen-bond acceptors (Lipinski definition) is 1. The summed E-state index contributed by atoms with van der Waals surface area (Å²) >= 11 is 3.44. The van der Waals surface area contributed by atoms with Crippen LogP contribution in [-0.4, -0.2) is 5.78 Å². The van der Waals surface area contributed by atoms with E-state index >= 15 is 0 Å². The molecule has 0 aliphatic rings. The number of carbonyl (C=O) groups excluding carboxylic acids is 1. The van der Waals surface area contributed by atoms with E-state index in [1.165, 1.54) is 12.8 Å². The average Bonchev–Trinajstić information content (AvgIpc) is 2.28. The van der Waals surface area contributed by atoms with Crippen molar-refractivity contribution >= 4 is 21.7 Å². The summed E-state index contributed by atoms with van der Waals surface area (Å²) in [4.78, 5) is 11.9. The molecule has 0 bridgehead atoms. The van der Waals surface area contributed by atoms with Crippen LogP contribution in [0.1, 0.15) is 54.9 Å². The minimum atomic E-state index is 0.270. The van der Waals surface area contributed by atoms with Gasteiger partial charge in [-0.15, -0.1) is 0 Å². The fourth-order valence-corrected chi connectivity index (χ4v) is 1.92. The van der Waals surface area contributed by atoms with Crippen molar-refractivity contribution < 1.29 is 4.79 Å². The molecular formula is C14H19BrO. The minimum Gasteiger partial charge on any atom is -0.294 e. The Hall–Kier alpha value is -0.630. The molecule has 0 radical (unpaired) electrons. The van der Waals surface area contributed by atoms with Gasteiger partial charge in [0.25, 0.3) is 0 Å². The average molecular weight is 283 g/mol. The van der Waals surface area contributed by atoms with Gasteiger partial charge in [-0.1, -0.05) is 48.2 Å².